The van der Waals surface area contributed by atoms with E-state index in [9.17, 15) is 83.4 Å². The van der Waals surface area contributed by atoms with Crippen molar-refractivity contribution in [3.63, 3.8) is 0 Å². The van der Waals surface area contributed by atoms with Crippen molar-refractivity contribution in [2.45, 2.75) is 53.2 Å². The molecule has 180 valence electrons. The van der Waals surface area contributed by atoms with Gasteiger partial charge in [0, 0.05) is 0 Å². The molecule has 1 saturated carbocycles. The van der Waals surface area contributed by atoms with E-state index in [1.807, 2.05) is 0 Å². The van der Waals surface area contributed by atoms with Crippen LogP contribution < -0.4 is 0 Å². The summed E-state index contributed by atoms with van der Waals surface area (Å²) in [5.41, 5.74) is -8.87. The minimum Gasteiger partial charge on any atom is -0.750 e. The number of hydrogen-bond acceptors (Lipinski definition) is 3. The average Bonchev–Trinajstić information content (AvgIpc) is 2.50. The Balaban J connectivity index is 4.05. The Hall–Kier alpha value is -1.12. The molecule has 30 heavy (non-hydrogen) atoms. The van der Waals surface area contributed by atoms with Gasteiger partial charge in [0.15, 0.2) is 0 Å². The first-order chi connectivity index (χ1) is 12.7. The molecule has 1 aliphatic carbocycles. The van der Waals surface area contributed by atoms with E-state index in [2.05, 4.69) is 0 Å². The summed E-state index contributed by atoms with van der Waals surface area (Å²) in [6.45, 7) is 0. The minimum atomic E-state index is -8.87. The number of rotatable bonds is 5. The quantitative estimate of drug-likeness (QED) is 0.402. The summed E-state index contributed by atoms with van der Waals surface area (Å²) in [7, 11) is 0. The SMILES string of the molecule is O=S([O-])OC(F)(F)C(F)(F)C(F)(F)C1(F)C(F)(F)C(F)(F)C(F)(F)C(F)(F)C1(F)F. The molecule has 0 spiro atoms. The standard InChI is InChI=1S/C9HF17O3S/c10-1(4(15,16)8(23,24)9(25,26)29-30(27)28)2(11,12)5(17,18)7(21,22)6(19,20)3(1,13)14/h(H,27,28)/p-1. The minimum absolute atomic E-state index is 1.78. The first kappa shape index (κ1) is 26.9. The average molecular weight is 511 g/mol. The maximum absolute atomic E-state index is 14.0. The smallest absolute Gasteiger partial charge is 0.437 e. The molecule has 0 aromatic rings. The molecular weight excluding hydrogens is 511 g/mol. The van der Waals surface area contributed by atoms with Crippen molar-refractivity contribution in [2.75, 3.05) is 0 Å². The molecule has 0 N–H and O–H groups in total. The van der Waals surface area contributed by atoms with Crippen LogP contribution in [0.15, 0.2) is 0 Å². The fourth-order valence-electron chi connectivity index (χ4n) is 2.15. The normalized spacial score (nSPS) is 28.1. The van der Waals surface area contributed by atoms with Gasteiger partial charge in [-0.05, 0) is 0 Å². The highest BCUT2D eigenvalue weighted by Gasteiger charge is 3.07. The molecule has 0 saturated heterocycles. The Bertz CT molecular complexity index is 700. The molecule has 1 unspecified atom stereocenters. The van der Waals surface area contributed by atoms with Crippen LogP contribution in [0.25, 0.3) is 0 Å². The monoisotopic (exact) mass is 511 g/mol. The maximum atomic E-state index is 14.0. The van der Waals surface area contributed by atoms with E-state index < -0.39 is 64.6 Å². The third-order valence-corrected chi connectivity index (χ3v) is 4.15. The summed E-state index contributed by atoms with van der Waals surface area (Å²) >= 11 is -5.04. The second-order valence-electron chi connectivity index (χ2n) is 5.48. The van der Waals surface area contributed by atoms with Gasteiger partial charge in [-0.2, -0.15) is 70.2 Å². The summed E-state index contributed by atoms with van der Waals surface area (Å²) in [5, 5.41) is 0. The summed E-state index contributed by atoms with van der Waals surface area (Å²) in [4.78, 5) is 0. The fraction of sp³-hybridized carbons (Fsp3) is 1.00. The van der Waals surface area contributed by atoms with Crippen molar-refractivity contribution in [3.8, 4) is 0 Å². The highest BCUT2D eigenvalue weighted by molar-refractivity contribution is 7.74. The molecule has 0 heterocycles. The van der Waals surface area contributed by atoms with E-state index >= 15 is 0 Å². The first-order valence-electron chi connectivity index (χ1n) is 6.17. The predicted molar refractivity (Wildman–Crippen MR) is 53.4 cm³/mol. The Morgan fingerprint density at radius 1 is 0.600 bits per heavy atom. The lowest BCUT2D eigenvalue weighted by atomic mass is 9.67. The van der Waals surface area contributed by atoms with Gasteiger partial charge in [-0.15, -0.1) is 0 Å². The summed E-state index contributed by atoms with van der Waals surface area (Å²) in [6, 6.07) is 0. The molecule has 1 aliphatic rings. The van der Waals surface area contributed by atoms with E-state index in [4.69, 9.17) is 0 Å². The summed E-state index contributed by atoms with van der Waals surface area (Å²) in [6.07, 6.45) is -7.53. The van der Waals surface area contributed by atoms with Crippen molar-refractivity contribution < 1.29 is 87.6 Å². The van der Waals surface area contributed by atoms with E-state index in [1.54, 1.807) is 4.18 Å². The lowest BCUT2D eigenvalue weighted by molar-refractivity contribution is -0.524. The zero-order valence-electron chi connectivity index (χ0n) is 12.6. The maximum Gasteiger partial charge on any atom is 0.437 e. The Morgan fingerprint density at radius 3 is 1.13 bits per heavy atom. The molecule has 0 bridgehead atoms. The fourth-order valence-corrected chi connectivity index (χ4v) is 2.43. The Labute approximate surface area is 153 Å². The summed E-state index contributed by atoms with van der Waals surface area (Å²) < 4.78 is 247. The van der Waals surface area contributed by atoms with Crippen LogP contribution in [0.2, 0.25) is 0 Å². The Kier molecular flexibility index (Phi) is 5.59. The van der Waals surface area contributed by atoms with Crippen LogP contribution in [0.4, 0.5) is 74.6 Å². The second-order valence-corrected chi connectivity index (χ2v) is 6.06. The third-order valence-electron chi connectivity index (χ3n) is 3.81. The van der Waals surface area contributed by atoms with Crippen LogP contribution in [0.5, 0.6) is 0 Å². The lowest BCUT2D eigenvalue weighted by Crippen LogP contribution is -2.89. The van der Waals surface area contributed by atoms with Gasteiger partial charge in [0.05, 0.1) is 11.4 Å². The van der Waals surface area contributed by atoms with Crippen LogP contribution >= 0.6 is 0 Å². The van der Waals surface area contributed by atoms with Gasteiger partial charge in [0.1, 0.15) is 0 Å². The van der Waals surface area contributed by atoms with Crippen LogP contribution in [-0.2, 0) is 15.5 Å². The zero-order chi connectivity index (χ0) is 24.8. The van der Waals surface area contributed by atoms with Crippen LogP contribution in [0, 0.1) is 0 Å². The van der Waals surface area contributed by atoms with Gasteiger partial charge in [0.25, 0.3) is 0 Å². The molecule has 1 rings (SSSR count). The summed E-state index contributed by atoms with van der Waals surface area (Å²) in [5.74, 6) is -59.1. The van der Waals surface area contributed by atoms with Crippen molar-refractivity contribution in [2.24, 2.45) is 0 Å². The predicted octanol–water partition coefficient (Wildman–Crippen LogP) is 4.56. The molecule has 3 nitrogen and oxygen atoms in total. The highest BCUT2D eigenvalue weighted by Crippen LogP contribution is 2.74. The highest BCUT2D eigenvalue weighted by atomic mass is 32.2. The zero-order valence-corrected chi connectivity index (χ0v) is 13.4. The van der Waals surface area contributed by atoms with Crippen molar-refractivity contribution >= 4 is 11.4 Å². The van der Waals surface area contributed by atoms with Crippen molar-refractivity contribution in [3.05, 3.63) is 0 Å². The van der Waals surface area contributed by atoms with Gasteiger partial charge >= 0.3 is 53.2 Å². The topological polar surface area (TPSA) is 49.4 Å². The molecule has 0 amide bonds. The molecule has 0 aliphatic heterocycles. The van der Waals surface area contributed by atoms with Gasteiger partial charge in [0.2, 0.25) is 0 Å². The number of hydrogen-bond donors (Lipinski definition) is 0. The molecule has 1 fully saturated rings. The van der Waals surface area contributed by atoms with E-state index in [0.29, 0.717) is 0 Å². The van der Waals surface area contributed by atoms with Gasteiger partial charge in [-0.1, -0.05) is 0 Å². The Morgan fingerprint density at radius 2 is 0.867 bits per heavy atom. The van der Waals surface area contributed by atoms with Crippen LogP contribution in [0.3, 0.4) is 0 Å². The molecule has 0 aromatic heterocycles. The largest absolute Gasteiger partial charge is 0.750 e. The lowest BCUT2D eigenvalue weighted by Gasteiger charge is -2.55. The van der Waals surface area contributed by atoms with Crippen LogP contribution in [0.1, 0.15) is 0 Å². The van der Waals surface area contributed by atoms with Crippen LogP contribution in [-0.4, -0.2) is 62.0 Å². The molecular formula is C9F17O3S-. The van der Waals surface area contributed by atoms with Gasteiger partial charge < -0.3 is 4.55 Å². The number of alkyl halides is 17. The number of halogens is 17. The molecule has 21 heteroatoms. The second kappa shape index (κ2) is 6.23. The van der Waals surface area contributed by atoms with Crippen molar-refractivity contribution in [1.82, 2.24) is 0 Å². The van der Waals surface area contributed by atoms with Gasteiger partial charge in [-0.25, -0.2) is 12.8 Å². The van der Waals surface area contributed by atoms with E-state index in [1.165, 1.54) is 0 Å². The first-order valence-corrected chi connectivity index (χ1v) is 7.17. The molecule has 0 aromatic carbocycles. The van der Waals surface area contributed by atoms with Crippen molar-refractivity contribution in [1.29, 1.82) is 0 Å². The molecule has 0 radical (unpaired) electrons. The third kappa shape index (κ3) is 2.50. The molecule has 1 atom stereocenters. The van der Waals surface area contributed by atoms with E-state index in [0.717, 1.165) is 0 Å². The van der Waals surface area contributed by atoms with Gasteiger partial charge in [-0.3, -0.25) is 0 Å². The van der Waals surface area contributed by atoms with E-state index in [-0.39, 0.29) is 0 Å².